The van der Waals surface area contributed by atoms with Crippen LogP contribution in [0.4, 0.5) is 0 Å². The molecule has 1 aliphatic rings. The zero-order chi connectivity index (χ0) is 10.6. The standard InChI is InChI=1S/C9H13N3O2/c1-8(2)6-7(9(3,4)14-8)12(13)5-10-11-6/h5H,1-4H3. The first-order chi connectivity index (χ1) is 6.34. The van der Waals surface area contributed by atoms with Gasteiger partial charge in [0.2, 0.25) is 0 Å². The highest BCUT2D eigenvalue weighted by molar-refractivity contribution is 5.23. The molecule has 0 amide bonds. The average Bonchev–Trinajstić information content (AvgIpc) is 2.18. The van der Waals surface area contributed by atoms with Crippen molar-refractivity contribution >= 4 is 0 Å². The second kappa shape index (κ2) is 2.42. The molecule has 0 spiro atoms. The predicted molar refractivity (Wildman–Crippen MR) is 48.1 cm³/mol. The molecule has 0 fully saturated rings. The lowest BCUT2D eigenvalue weighted by Crippen LogP contribution is -2.39. The minimum absolute atomic E-state index is 0.542. The summed E-state index contributed by atoms with van der Waals surface area (Å²) in [6.45, 7) is 7.48. The van der Waals surface area contributed by atoms with E-state index in [0.717, 1.165) is 11.1 Å². The van der Waals surface area contributed by atoms with Gasteiger partial charge < -0.3 is 9.94 Å². The molecule has 0 bridgehead atoms. The van der Waals surface area contributed by atoms with Crippen LogP contribution in [0.2, 0.25) is 0 Å². The number of ether oxygens (including phenoxy) is 1. The summed E-state index contributed by atoms with van der Waals surface area (Å²) >= 11 is 0. The largest absolute Gasteiger partial charge is 0.711 e. The highest BCUT2D eigenvalue weighted by Gasteiger charge is 2.49. The summed E-state index contributed by atoms with van der Waals surface area (Å²) in [5.41, 5.74) is 0.0352. The molecule has 0 radical (unpaired) electrons. The van der Waals surface area contributed by atoms with Crippen molar-refractivity contribution in [2.75, 3.05) is 0 Å². The third-order valence-electron chi connectivity index (χ3n) is 2.41. The topological polar surface area (TPSA) is 62.0 Å². The zero-order valence-corrected chi connectivity index (χ0v) is 8.74. The second-order valence-electron chi connectivity index (χ2n) is 4.48. The van der Waals surface area contributed by atoms with E-state index in [-0.39, 0.29) is 0 Å². The van der Waals surface area contributed by atoms with Gasteiger partial charge in [-0.1, -0.05) is 0 Å². The van der Waals surface area contributed by atoms with Gasteiger partial charge in [0.05, 0.1) is 5.10 Å². The molecule has 1 aromatic rings. The summed E-state index contributed by atoms with van der Waals surface area (Å²) < 4.78 is 6.50. The van der Waals surface area contributed by atoms with Crippen molar-refractivity contribution in [3.05, 3.63) is 22.9 Å². The smallest absolute Gasteiger partial charge is 0.317 e. The van der Waals surface area contributed by atoms with Crippen molar-refractivity contribution in [1.82, 2.24) is 10.2 Å². The molecule has 0 saturated carbocycles. The Morgan fingerprint density at radius 3 is 2.50 bits per heavy atom. The van der Waals surface area contributed by atoms with Crippen molar-refractivity contribution in [3.8, 4) is 0 Å². The van der Waals surface area contributed by atoms with Gasteiger partial charge in [-0.3, -0.25) is 0 Å². The van der Waals surface area contributed by atoms with Gasteiger partial charge in [0.25, 0.3) is 0 Å². The molecule has 5 nitrogen and oxygen atoms in total. The summed E-state index contributed by atoms with van der Waals surface area (Å²) in [4.78, 5) is 0. The fourth-order valence-electron chi connectivity index (χ4n) is 2.03. The summed E-state index contributed by atoms with van der Waals surface area (Å²) in [7, 11) is 0. The lowest BCUT2D eigenvalue weighted by atomic mass is 10.0. The van der Waals surface area contributed by atoms with Crippen molar-refractivity contribution in [2.24, 2.45) is 0 Å². The summed E-state index contributed by atoms with van der Waals surface area (Å²) in [6.07, 6.45) is 1.16. The van der Waals surface area contributed by atoms with E-state index in [9.17, 15) is 5.21 Å². The van der Waals surface area contributed by atoms with Gasteiger partial charge in [-0.15, -0.1) is 0 Å². The van der Waals surface area contributed by atoms with E-state index in [4.69, 9.17) is 4.74 Å². The first-order valence-corrected chi connectivity index (χ1v) is 4.50. The fraction of sp³-hybridized carbons (Fsp3) is 0.667. The number of fused-ring (bicyclic) bond motifs is 1. The van der Waals surface area contributed by atoms with E-state index in [2.05, 4.69) is 10.2 Å². The molecule has 2 rings (SSSR count). The Kier molecular flexibility index (Phi) is 1.61. The Hall–Kier alpha value is -1.23. The minimum atomic E-state index is -0.601. The van der Waals surface area contributed by atoms with Crippen molar-refractivity contribution in [2.45, 2.75) is 38.9 Å². The van der Waals surface area contributed by atoms with Crippen LogP contribution in [0.3, 0.4) is 0 Å². The Bertz CT molecular complexity index is 388. The SMILES string of the molecule is CC1(C)OC(C)(C)c2c1nnc[n+]2[O-]. The van der Waals surface area contributed by atoms with Crippen LogP contribution in [0, 0.1) is 5.21 Å². The summed E-state index contributed by atoms with van der Waals surface area (Å²) in [6, 6.07) is 0. The van der Waals surface area contributed by atoms with Crippen molar-refractivity contribution in [3.63, 3.8) is 0 Å². The molecule has 0 unspecified atom stereocenters. The monoisotopic (exact) mass is 195 g/mol. The minimum Gasteiger partial charge on any atom is -0.711 e. The van der Waals surface area contributed by atoms with E-state index in [1.54, 1.807) is 0 Å². The summed E-state index contributed by atoms with van der Waals surface area (Å²) in [5, 5.41) is 19.2. The van der Waals surface area contributed by atoms with Gasteiger partial charge in [-0.05, 0) is 32.8 Å². The van der Waals surface area contributed by atoms with Gasteiger partial charge in [0.1, 0.15) is 11.2 Å². The van der Waals surface area contributed by atoms with Crippen LogP contribution in [-0.2, 0) is 15.9 Å². The molecule has 0 aromatic carbocycles. The van der Waals surface area contributed by atoms with Crippen molar-refractivity contribution in [1.29, 1.82) is 0 Å². The molecule has 0 N–H and O–H groups in total. The summed E-state index contributed by atoms with van der Waals surface area (Å²) in [5.74, 6) is 0. The van der Waals surface area contributed by atoms with Gasteiger partial charge in [-0.25, -0.2) is 4.73 Å². The van der Waals surface area contributed by atoms with Gasteiger partial charge >= 0.3 is 6.33 Å². The maximum absolute atomic E-state index is 11.5. The van der Waals surface area contributed by atoms with Gasteiger partial charge in [0.15, 0.2) is 11.4 Å². The molecule has 0 aliphatic carbocycles. The van der Waals surface area contributed by atoms with Crippen LogP contribution in [0.25, 0.3) is 0 Å². The van der Waals surface area contributed by atoms with E-state index in [1.165, 1.54) is 0 Å². The molecule has 14 heavy (non-hydrogen) atoms. The fourth-order valence-corrected chi connectivity index (χ4v) is 2.03. The number of aromatic nitrogens is 3. The van der Waals surface area contributed by atoms with Crippen LogP contribution < -0.4 is 4.73 Å². The normalized spacial score (nSPS) is 22.0. The second-order valence-corrected chi connectivity index (χ2v) is 4.48. The Morgan fingerprint density at radius 1 is 1.29 bits per heavy atom. The van der Waals surface area contributed by atoms with E-state index >= 15 is 0 Å². The number of nitrogens with zero attached hydrogens (tertiary/aromatic N) is 3. The van der Waals surface area contributed by atoms with Gasteiger partial charge in [0, 0.05) is 0 Å². The van der Waals surface area contributed by atoms with Crippen LogP contribution in [-0.4, -0.2) is 10.2 Å². The molecule has 1 aromatic heterocycles. The van der Waals surface area contributed by atoms with Crippen LogP contribution in [0.5, 0.6) is 0 Å². The zero-order valence-electron chi connectivity index (χ0n) is 8.74. The molecule has 76 valence electrons. The average molecular weight is 195 g/mol. The van der Waals surface area contributed by atoms with Crippen LogP contribution in [0.15, 0.2) is 6.33 Å². The third-order valence-corrected chi connectivity index (χ3v) is 2.41. The molecule has 0 atom stereocenters. The maximum Gasteiger partial charge on any atom is 0.317 e. The Balaban J connectivity index is 2.72. The molecule has 1 aliphatic heterocycles. The molecular formula is C9H13N3O2. The predicted octanol–water partition coefficient (Wildman–Crippen LogP) is 0.610. The highest BCUT2D eigenvalue weighted by Crippen LogP contribution is 2.43. The number of rotatable bonds is 0. The van der Waals surface area contributed by atoms with Crippen LogP contribution >= 0.6 is 0 Å². The highest BCUT2D eigenvalue weighted by atomic mass is 16.5. The Labute approximate surface area is 82.3 Å². The molecule has 0 saturated heterocycles. The van der Waals surface area contributed by atoms with E-state index in [1.807, 2.05) is 27.7 Å². The lowest BCUT2D eigenvalue weighted by molar-refractivity contribution is -0.624. The quantitative estimate of drug-likeness (QED) is 0.449. The maximum atomic E-state index is 11.5. The van der Waals surface area contributed by atoms with Crippen molar-refractivity contribution < 1.29 is 9.47 Å². The van der Waals surface area contributed by atoms with E-state index < -0.39 is 11.2 Å². The first kappa shape index (κ1) is 9.33. The number of hydrogen-bond acceptors (Lipinski definition) is 4. The first-order valence-electron chi connectivity index (χ1n) is 4.50. The van der Waals surface area contributed by atoms with Gasteiger partial charge in [-0.2, -0.15) is 0 Å². The molecule has 5 heteroatoms. The Morgan fingerprint density at radius 2 is 1.93 bits per heavy atom. The number of hydrogen-bond donors (Lipinski definition) is 0. The lowest BCUT2D eigenvalue weighted by Gasteiger charge is -2.23. The molecular weight excluding hydrogens is 182 g/mol. The third kappa shape index (κ3) is 1.09. The molecule has 2 heterocycles. The van der Waals surface area contributed by atoms with Crippen LogP contribution in [0.1, 0.15) is 39.1 Å². The van der Waals surface area contributed by atoms with E-state index in [0.29, 0.717) is 11.4 Å².